The highest BCUT2D eigenvalue weighted by Crippen LogP contribution is 2.32. The van der Waals surface area contributed by atoms with Crippen LogP contribution in [0.25, 0.3) is 11.4 Å². The summed E-state index contributed by atoms with van der Waals surface area (Å²) in [6.07, 6.45) is 1.66. The lowest BCUT2D eigenvalue weighted by Gasteiger charge is -2.12. The average molecular weight is 390 g/mol. The minimum absolute atomic E-state index is 0.116. The zero-order chi connectivity index (χ0) is 18.5. The molecule has 3 rings (SSSR count). The van der Waals surface area contributed by atoms with Crippen LogP contribution in [-0.4, -0.2) is 38.0 Å². The summed E-state index contributed by atoms with van der Waals surface area (Å²) in [6.45, 7) is 4.54. The molecule has 0 aliphatic heterocycles. The lowest BCUT2D eigenvalue weighted by molar-refractivity contribution is -0.115. The fraction of sp³-hybridized carbons (Fsp3) is 0.294. The normalized spacial score (nSPS) is 12.0. The quantitative estimate of drug-likeness (QED) is 0.622. The van der Waals surface area contributed by atoms with Crippen LogP contribution in [0, 0.1) is 0 Å². The van der Waals surface area contributed by atoms with Gasteiger partial charge in [-0.3, -0.25) is 4.79 Å². The Labute approximate surface area is 159 Å². The number of carbonyl (C=O) groups excluding carboxylic acids is 1. The first-order valence-corrected chi connectivity index (χ1v) is 9.83. The number of para-hydroxylation sites is 1. The number of hydrogen-bond acceptors (Lipinski definition) is 7. The molecule has 0 aliphatic rings. The van der Waals surface area contributed by atoms with Crippen LogP contribution >= 0.6 is 23.1 Å². The monoisotopic (exact) mass is 389 g/mol. The number of anilines is 1. The molecule has 0 fully saturated rings. The van der Waals surface area contributed by atoms with Crippen molar-refractivity contribution in [2.45, 2.75) is 30.8 Å². The van der Waals surface area contributed by atoms with Crippen molar-refractivity contribution in [1.29, 1.82) is 0 Å². The smallest absolute Gasteiger partial charge is 0.239 e. The zero-order valence-electron chi connectivity index (χ0n) is 14.7. The maximum absolute atomic E-state index is 12.3. The van der Waals surface area contributed by atoms with E-state index in [1.54, 1.807) is 13.3 Å². The Hall–Kier alpha value is -2.39. The maximum atomic E-state index is 12.3. The summed E-state index contributed by atoms with van der Waals surface area (Å²) in [5, 5.41) is 14.2. The van der Waals surface area contributed by atoms with E-state index in [4.69, 9.17) is 4.74 Å². The van der Waals surface area contributed by atoms with Crippen molar-refractivity contribution in [3.63, 3.8) is 0 Å². The molecule has 0 radical (unpaired) electrons. The third kappa shape index (κ3) is 3.88. The molecule has 1 unspecified atom stereocenters. The summed E-state index contributed by atoms with van der Waals surface area (Å²) in [7, 11) is 1.63. The number of carbonyl (C=O) groups is 1. The molecule has 0 saturated carbocycles. The van der Waals surface area contributed by atoms with E-state index in [0.29, 0.717) is 16.8 Å². The Kier molecular flexibility index (Phi) is 5.89. The van der Waals surface area contributed by atoms with E-state index in [1.165, 1.54) is 23.1 Å². The molecule has 0 spiro atoms. The molecule has 1 aromatic carbocycles. The minimum Gasteiger partial charge on any atom is -0.496 e. The van der Waals surface area contributed by atoms with Crippen LogP contribution in [0.5, 0.6) is 5.75 Å². The lowest BCUT2D eigenvalue weighted by atomic mass is 10.2. The third-order valence-corrected chi connectivity index (χ3v) is 5.46. The predicted octanol–water partition coefficient (Wildman–Crippen LogP) is 3.55. The van der Waals surface area contributed by atoms with Crippen molar-refractivity contribution < 1.29 is 9.53 Å². The lowest BCUT2D eigenvalue weighted by Crippen LogP contribution is -2.22. The third-order valence-electron chi connectivity index (χ3n) is 3.69. The van der Waals surface area contributed by atoms with Crippen LogP contribution in [0.4, 0.5) is 5.13 Å². The Morgan fingerprint density at radius 1 is 1.38 bits per heavy atom. The topological polar surface area (TPSA) is 81.9 Å². The number of aromatic nitrogens is 4. The average Bonchev–Trinajstić information content (AvgIpc) is 3.31. The van der Waals surface area contributed by atoms with Gasteiger partial charge >= 0.3 is 0 Å². The van der Waals surface area contributed by atoms with Gasteiger partial charge < -0.3 is 14.6 Å². The van der Waals surface area contributed by atoms with Gasteiger partial charge in [-0.2, -0.15) is 0 Å². The largest absolute Gasteiger partial charge is 0.496 e. The molecular formula is C17H19N5O2S2. The van der Waals surface area contributed by atoms with Gasteiger partial charge in [0.15, 0.2) is 16.1 Å². The summed E-state index contributed by atoms with van der Waals surface area (Å²) < 4.78 is 7.41. The number of methoxy groups -OCH3 is 1. The van der Waals surface area contributed by atoms with Gasteiger partial charge in [-0.15, -0.1) is 21.5 Å². The van der Waals surface area contributed by atoms with Gasteiger partial charge in [-0.25, -0.2) is 4.98 Å². The molecule has 136 valence electrons. The van der Waals surface area contributed by atoms with E-state index in [1.807, 2.05) is 48.1 Å². The van der Waals surface area contributed by atoms with E-state index < -0.39 is 0 Å². The standard InChI is InChI=1S/C17H19N5O2S2/c1-4-22-14(12-7-5-6-8-13(12)24-3)20-21-17(22)26-11(2)15(23)19-16-18-9-10-25-16/h5-11H,4H2,1-3H3,(H,18,19,23). The number of thioether (sulfide) groups is 1. The fourth-order valence-corrected chi connectivity index (χ4v) is 3.84. The van der Waals surface area contributed by atoms with Crippen LogP contribution < -0.4 is 10.1 Å². The molecule has 7 nitrogen and oxygen atoms in total. The number of hydrogen-bond donors (Lipinski definition) is 1. The highest BCUT2D eigenvalue weighted by atomic mass is 32.2. The van der Waals surface area contributed by atoms with Crippen molar-refractivity contribution in [3.05, 3.63) is 35.8 Å². The zero-order valence-corrected chi connectivity index (χ0v) is 16.3. The van der Waals surface area contributed by atoms with Crippen molar-refractivity contribution in [3.8, 4) is 17.1 Å². The molecule has 9 heteroatoms. The van der Waals surface area contributed by atoms with Crippen LogP contribution in [0.2, 0.25) is 0 Å². The van der Waals surface area contributed by atoms with Gasteiger partial charge in [-0.1, -0.05) is 23.9 Å². The summed E-state index contributed by atoms with van der Waals surface area (Å²) in [6, 6.07) is 7.68. The number of thiazole rings is 1. The number of benzene rings is 1. The molecule has 1 amide bonds. The predicted molar refractivity (Wildman–Crippen MR) is 104 cm³/mol. The first kappa shape index (κ1) is 18.4. The van der Waals surface area contributed by atoms with Crippen LogP contribution in [0.15, 0.2) is 41.0 Å². The van der Waals surface area contributed by atoms with Crippen LogP contribution in [0.1, 0.15) is 13.8 Å². The Balaban J connectivity index is 1.81. The minimum atomic E-state index is -0.334. The van der Waals surface area contributed by atoms with Gasteiger partial charge in [0.2, 0.25) is 5.91 Å². The first-order valence-electron chi connectivity index (χ1n) is 8.07. The molecule has 0 aliphatic carbocycles. The summed E-state index contributed by atoms with van der Waals surface area (Å²) in [5.41, 5.74) is 0.871. The molecule has 26 heavy (non-hydrogen) atoms. The van der Waals surface area contributed by atoms with Gasteiger partial charge in [0.25, 0.3) is 0 Å². The Bertz CT molecular complexity index is 879. The number of ether oxygens (including phenoxy) is 1. The van der Waals surface area contributed by atoms with Crippen LogP contribution in [-0.2, 0) is 11.3 Å². The fourth-order valence-electron chi connectivity index (χ4n) is 2.39. The van der Waals surface area contributed by atoms with Crippen molar-refractivity contribution >= 4 is 34.1 Å². The second-order valence-electron chi connectivity index (χ2n) is 5.34. The molecular weight excluding hydrogens is 370 g/mol. The molecule has 0 saturated heterocycles. The SMILES string of the molecule is CCn1c(SC(C)C(=O)Nc2nccs2)nnc1-c1ccccc1OC. The maximum Gasteiger partial charge on any atom is 0.239 e. The van der Waals surface area contributed by atoms with E-state index in [-0.39, 0.29) is 11.2 Å². The van der Waals surface area contributed by atoms with E-state index >= 15 is 0 Å². The molecule has 1 atom stereocenters. The van der Waals surface area contributed by atoms with Crippen molar-refractivity contribution in [2.24, 2.45) is 0 Å². The molecule has 2 heterocycles. The number of amides is 1. The Morgan fingerprint density at radius 2 is 2.19 bits per heavy atom. The van der Waals surface area contributed by atoms with Gasteiger partial charge in [0.1, 0.15) is 5.75 Å². The summed E-state index contributed by atoms with van der Waals surface area (Å²) >= 11 is 2.76. The highest BCUT2D eigenvalue weighted by molar-refractivity contribution is 8.00. The number of nitrogens with one attached hydrogen (secondary N) is 1. The summed E-state index contributed by atoms with van der Waals surface area (Å²) in [4.78, 5) is 16.4. The number of nitrogens with zero attached hydrogens (tertiary/aromatic N) is 4. The van der Waals surface area contributed by atoms with Gasteiger partial charge in [0.05, 0.1) is 17.9 Å². The van der Waals surface area contributed by atoms with E-state index in [2.05, 4.69) is 20.5 Å². The molecule has 0 bridgehead atoms. The van der Waals surface area contributed by atoms with Crippen LogP contribution in [0.3, 0.4) is 0 Å². The second-order valence-corrected chi connectivity index (χ2v) is 7.54. The summed E-state index contributed by atoms with van der Waals surface area (Å²) in [5.74, 6) is 1.34. The van der Waals surface area contributed by atoms with Crippen molar-refractivity contribution in [2.75, 3.05) is 12.4 Å². The second kappa shape index (κ2) is 8.33. The molecule has 2 aromatic heterocycles. The highest BCUT2D eigenvalue weighted by Gasteiger charge is 2.22. The van der Waals surface area contributed by atoms with Gasteiger partial charge in [0, 0.05) is 18.1 Å². The molecule has 1 N–H and O–H groups in total. The first-order chi connectivity index (χ1) is 12.6. The van der Waals surface area contributed by atoms with Crippen molar-refractivity contribution in [1.82, 2.24) is 19.7 Å². The molecule has 3 aromatic rings. The number of rotatable bonds is 7. The van der Waals surface area contributed by atoms with Gasteiger partial charge in [-0.05, 0) is 26.0 Å². The van der Waals surface area contributed by atoms with E-state index in [9.17, 15) is 4.79 Å². The van der Waals surface area contributed by atoms with E-state index in [0.717, 1.165) is 17.1 Å². The Morgan fingerprint density at radius 3 is 2.88 bits per heavy atom.